The second-order valence-electron chi connectivity index (χ2n) is 5.93. The van der Waals surface area contributed by atoms with E-state index in [1.807, 2.05) is 29.5 Å². The van der Waals surface area contributed by atoms with E-state index in [9.17, 15) is 4.79 Å². The summed E-state index contributed by atoms with van der Waals surface area (Å²) >= 11 is 0. The van der Waals surface area contributed by atoms with E-state index in [4.69, 9.17) is 0 Å². The molecule has 0 spiro atoms. The molecular formula is C16H28N4O. The lowest BCUT2D eigenvalue weighted by atomic mass is 9.97. The number of nitrogens with zero attached hydrogens (tertiary/aromatic N) is 3. The maximum Gasteiger partial charge on any atom is 0.272 e. The molecule has 1 aliphatic rings. The first-order valence-corrected chi connectivity index (χ1v) is 8.20. The molecule has 5 nitrogen and oxygen atoms in total. The summed E-state index contributed by atoms with van der Waals surface area (Å²) < 4.78 is 1.82. The first-order chi connectivity index (χ1) is 10.2. The summed E-state index contributed by atoms with van der Waals surface area (Å²) in [5.41, 5.74) is 1.65. The normalized spacial score (nSPS) is 16.1. The molecule has 118 valence electrons. The highest BCUT2D eigenvalue weighted by atomic mass is 16.2. The standard InChI is InChI=1S/C16H28N4O/c1-4-10-19(12-14-6-8-17-9-7-14)16(21)15-11-13(3)18-20(15)5-2/h11,14,17H,4-10,12H2,1-3H3. The van der Waals surface area contributed by atoms with Crippen molar-refractivity contribution < 1.29 is 4.79 Å². The third kappa shape index (κ3) is 4.06. The van der Waals surface area contributed by atoms with Crippen LogP contribution in [0.4, 0.5) is 0 Å². The minimum atomic E-state index is 0.137. The van der Waals surface area contributed by atoms with Crippen LogP contribution in [0, 0.1) is 12.8 Å². The Hall–Kier alpha value is -1.36. The van der Waals surface area contributed by atoms with Gasteiger partial charge in [0.05, 0.1) is 5.69 Å². The maximum absolute atomic E-state index is 12.9. The van der Waals surface area contributed by atoms with Crippen molar-refractivity contribution in [3.8, 4) is 0 Å². The van der Waals surface area contributed by atoms with Gasteiger partial charge < -0.3 is 10.2 Å². The van der Waals surface area contributed by atoms with E-state index in [2.05, 4.69) is 17.3 Å². The second-order valence-corrected chi connectivity index (χ2v) is 5.93. The highest BCUT2D eigenvalue weighted by Crippen LogP contribution is 2.16. The van der Waals surface area contributed by atoms with Crippen LogP contribution >= 0.6 is 0 Å². The zero-order valence-electron chi connectivity index (χ0n) is 13.6. The topological polar surface area (TPSA) is 50.2 Å². The van der Waals surface area contributed by atoms with Gasteiger partial charge in [0.25, 0.3) is 5.91 Å². The number of carbonyl (C=O) groups is 1. The van der Waals surface area contributed by atoms with Gasteiger partial charge in [0.15, 0.2) is 0 Å². The average Bonchev–Trinajstić information content (AvgIpc) is 2.88. The van der Waals surface area contributed by atoms with Crippen molar-refractivity contribution in [3.05, 3.63) is 17.5 Å². The molecule has 0 radical (unpaired) electrons. The summed E-state index contributed by atoms with van der Waals surface area (Å²) in [5, 5.41) is 7.78. The van der Waals surface area contributed by atoms with E-state index in [1.165, 1.54) is 12.8 Å². The molecule has 21 heavy (non-hydrogen) atoms. The van der Waals surface area contributed by atoms with Gasteiger partial charge in [-0.3, -0.25) is 9.48 Å². The predicted molar refractivity (Wildman–Crippen MR) is 84.4 cm³/mol. The van der Waals surface area contributed by atoms with Crippen molar-refractivity contribution in [2.24, 2.45) is 5.92 Å². The Labute approximate surface area is 127 Å². The first-order valence-electron chi connectivity index (χ1n) is 8.20. The SMILES string of the molecule is CCCN(CC1CCNCC1)C(=O)c1cc(C)nn1CC. The molecule has 0 aromatic carbocycles. The van der Waals surface area contributed by atoms with Crippen LogP contribution in [0.3, 0.4) is 0 Å². The lowest BCUT2D eigenvalue weighted by Gasteiger charge is -2.30. The van der Waals surface area contributed by atoms with Crippen LogP contribution in [0.15, 0.2) is 6.07 Å². The van der Waals surface area contributed by atoms with Crippen molar-refractivity contribution >= 4 is 5.91 Å². The number of aryl methyl sites for hydroxylation is 2. The van der Waals surface area contributed by atoms with E-state index in [0.29, 0.717) is 5.92 Å². The van der Waals surface area contributed by atoms with Gasteiger partial charge in [0.2, 0.25) is 0 Å². The van der Waals surface area contributed by atoms with Crippen molar-refractivity contribution in [2.75, 3.05) is 26.2 Å². The zero-order chi connectivity index (χ0) is 15.2. The van der Waals surface area contributed by atoms with Crippen molar-refractivity contribution in [1.29, 1.82) is 0 Å². The van der Waals surface area contributed by atoms with Crippen LogP contribution in [0.2, 0.25) is 0 Å². The van der Waals surface area contributed by atoms with Crippen LogP contribution < -0.4 is 5.32 Å². The number of amides is 1. The quantitative estimate of drug-likeness (QED) is 0.873. The van der Waals surface area contributed by atoms with Gasteiger partial charge in [-0.1, -0.05) is 6.92 Å². The molecular weight excluding hydrogens is 264 g/mol. The highest BCUT2D eigenvalue weighted by molar-refractivity contribution is 5.92. The number of hydrogen-bond acceptors (Lipinski definition) is 3. The fourth-order valence-corrected chi connectivity index (χ4v) is 3.04. The van der Waals surface area contributed by atoms with E-state index in [1.54, 1.807) is 0 Å². The average molecular weight is 292 g/mol. The van der Waals surface area contributed by atoms with Crippen LogP contribution in [-0.2, 0) is 6.54 Å². The predicted octanol–water partition coefficient (Wildman–Crippen LogP) is 2.06. The summed E-state index contributed by atoms with van der Waals surface area (Å²) in [6, 6.07) is 1.91. The third-order valence-corrected chi connectivity index (χ3v) is 4.14. The van der Waals surface area contributed by atoms with E-state index < -0.39 is 0 Å². The fourth-order valence-electron chi connectivity index (χ4n) is 3.04. The molecule has 0 atom stereocenters. The van der Waals surface area contributed by atoms with Gasteiger partial charge in [0.1, 0.15) is 5.69 Å². The Morgan fingerprint density at radius 3 is 2.76 bits per heavy atom. The molecule has 1 aromatic rings. The van der Waals surface area contributed by atoms with Crippen LogP contribution in [0.1, 0.15) is 49.3 Å². The molecule has 0 aliphatic carbocycles. The zero-order valence-corrected chi connectivity index (χ0v) is 13.6. The molecule has 1 saturated heterocycles. The van der Waals surface area contributed by atoms with Crippen LogP contribution in [0.5, 0.6) is 0 Å². The van der Waals surface area contributed by atoms with Gasteiger partial charge >= 0.3 is 0 Å². The summed E-state index contributed by atoms with van der Waals surface area (Å²) in [6.07, 6.45) is 3.33. The van der Waals surface area contributed by atoms with E-state index in [0.717, 1.165) is 50.5 Å². The lowest BCUT2D eigenvalue weighted by molar-refractivity contribution is 0.0704. The summed E-state index contributed by atoms with van der Waals surface area (Å²) in [5.74, 6) is 0.763. The molecule has 2 rings (SSSR count). The van der Waals surface area contributed by atoms with Gasteiger partial charge in [-0.25, -0.2) is 0 Å². The lowest BCUT2D eigenvalue weighted by Crippen LogP contribution is -2.40. The Balaban J connectivity index is 2.10. The van der Waals surface area contributed by atoms with Gasteiger partial charge in [-0.05, 0) is 58.2 Å². The molecule has 5 heteroatoms. The van der Waals surface area contributed by atoms with Crippen LogP contribution in [-0.4, -0.2) is 46.8 Å². The molecule has 0 unspecified atom stereocenters. The molecule has 1 aliphatic heterocycles. The van der Waals surface area contributed by atoms with Crippen molar-refractivity contribution in [3.63, 3.8) is 0 Å². The Bertz CT molecular complexity index is 463. The first kappa shape index (κ1) is 16.0. The number of aromatic nitrogens is 2. The number of nitrogens with one attached hydrogen (secondary N) is 1. The molecule has 1 fully saturated rings. The molecule has 1 amide bonds. The molecule has 0 saturated carbocycles. The number of carbonyl (C=O) groups excluding carboxylic acids is 1. The van der Waals surface area contributed by atoms with E-state index in [-0.39, 0.29) is 5.91 Å². The monoisotopic (exact) mass is 292 g/mol. The second kappa shape index (κ2) is 7.59. The minimum Gasteiger partial charge on any atom is -0.337 e. The van der Waals surface area contributed by atoms with Gasteiger partial charge in [0, 0.05) is 19.6 Å². The Morgan fingerprint density at radius 2 is 2.14 bits per heavy atom. The third-order valence-electron chi connectivity index (χ3n) is 4.14. The Kier molecular flexibility index (Phi) is 5.79. The van der Waals surface area contributed by atoms with E-state index >= 15 is 0 Å². The van der Waals surface area contributed by atoms with Gasteiger partial charge in [-0.2, -0.15) is 5.10 Å². The molecule has 1 aromatic heterocycles. The molecule has 1 N–H and O–H groups in total. The Morgan fingerprint density at radius 1 is 1.43 bits per heavy atom. The maximum atomic E-state index is 12.9. The van der Waals surface area contributed by atoms with Crippen molar-refractivity contribution in [2.45, 2.75) is 46.6 Å². The highest BCUT2D eigenvalue weighted by Gasteiger charge is 2.23. The number of piperidine rings is 1. The summed E-state index contributed by atoms with van der Waals surface area (Å²) in [4.78, 5) is 14.9. The van der Waals surface area contributed by atoms with Crippen LogP contribution in [0.25, 0.3) is 0 Å². The fraction of sp³-hybridized carbons (Fsp3) is 0.750. The smallest absolute Gasteiger partial charge is 0.272 e. The van der Waals surface area contributed by atoms with Crippen molar-refractivity contribution in [1.82, 2.24) is 20.0 Å². The molecule has 0 bridgehead atoms. The number of hydrogen-bond donors (Lipinski definition) is 1. The number of rotatable bonds is 6. The summed E-state index contributed by atoms with van der Waals surface area (Å²) in [6.45, 7) is 10.7. The molecule has 2 heterocycles. The largest absolute Gasteiger partial charge is 0.337 e. The summed E-state index contributed by atoms with van der Waals surface area (Å²) in [7, 11) is 0. The minimum absolute atomic E-state index is 0.137. The van der Waals surface area contributed by atoms with Gasteiger partial charge in [-0.15, -0.1) is 0 Å².